The van der Waals surface area contributed by atoms with Crippen LogP contribution in [0, 0.1) is 0 Å². The van der Waals surface area contributed by atoms with Crippen molar-refractivity contribution in [3.05, 3.63) is 35.8 Å². The summed E-state index contributed by atoms with van der Waals surface area (Å²) in [6.07, 6.45) is 3.56. The fourth-order valence-corrected chi connectivity index (χ4v) is 1.96. The van der Waals surface area contributed by atoms with Gasteiger partial charge in [-0.15, -0.1) is 0 Å². The lowest BCUT2D eigenvalue weighted by molar-refractivity contribution is 0.379. The van der Waals surface area contributed by atoms with Crippen LogP contribution in [-0.4, -0.2) is 27.3 Å². The first kappa shape index (κ1) is 17.1. The van der Waals surface area contributed by atoms with Gasteiger partial charge in [0, 0.05) is 25.2 Å². The molecule has 0 unspecified atom stereocenters. The Morgan fingerprint density at radius 1 is 1.35 bits per heavy atom. The molecule has 0 bridgehead atoms. The van der Waals surface area contributed by atoms with Gasteiger partial charge in [0.2, 0.25) is 5.89 Å². The number of guanidine groups is 1. The quantitative estimate of drug-likeness (QED) is 0.651. The van der Waals surface area contributed by atoms with E-state index >= 15 is 0 Å². The number of rotatable bonds is 5. The van der Waals surface area contributed by atoms with E-state index in [1.54, 1.807) is 12.4 Å². The summed E-state index contributed by atoms with van der Waals surface area (Å²) in [7, 11) is 1.91. The standard InChI is InChI=1S/C16H26N6O/c1-6-17-15(19-9-12-7-8-21-22(12)5)20-11-14-18-10-13(23-14)16(2,3)4/h7-8,10H,6,9,11H2,1-5H3,(H2,17,19,20). The SMILES string of the molecule is CCNC(=NCc1ccnn1C)NCc1ncc(C(C)(C)C)o1. The zero-order valence-corrected chi connectivity index (χ0v) is 14.6. The third kappa shape index (κ3) is 4.84. The van der Waals surface area contributed by atoms with Crippen molar-refractivity contribution in [3.63, 3.8) is 0 Å². The molecule has 0 saturated carbocycles. The van der Waals surface area contributed by atoms with Crippen LogP contribution in [0.3, 0.4) is 0 Å². The first-order chi connectivity index (χ1) is 10.9. The summed E-state index contributed by atoms with van der Waals surface area (Å²) in [5.74, 6) is 2.26. The van der Waals surface area contributed by atoms with E-state index in [1.165, 1.54) is 0 Å². The van der Waals surface area contributed by atoms with Crippen molar-refractivity contribution in [2.24, 2.45) is 12.0 Å². The van der Waals surface area contributed by atoms with Gasteiger partial charge in [0.1, 0.15) is 5.76 Å². The monoisotopic (exact) mass is 318 g/mol. The van der Waals surface area contributed by atoms with E-state index in [-0.39, 0.29) is 5.41 Å². The molecule has 0 saturated heterocycles. The average Bonchev–Trinajstić information content (AvgIpc) is 3.10. The molecule has 0 amide bonds. The number of oxazole rings is 1. The lowest BCUT2D eigenvalue weighted by atomic mass is 9.94. The Morgan fingerprint density at radius 2 is 2.13 bits per heavy atom. The van der Waals surface area contributed by atoms with Gasteiger partial charge in [-0.05, 0) is 13.0 Å². The van der Waals surface area contributed by atoms with E-state index in [0.29, 0.717) is 19.0 Å². The van der Waals surface area contributed by atoms with Gasteiger partial charge in [0.05, 0.1) is 25.0 Å². The fourth-order valence-electron chi connectivity index (χ4n) is 1.96. The minimum Gasteiger partial charge on any atom is -0.443 e. The molecule has 2 aromatic heterocycles. The number of aliphatic imine (C=N–C) groups is 1. The molecule has 0 spiro atoms. The Labute approximate surface area is 137 Å². The number of hydrogen-bond acceptors (Lipinski definition) is 4. The summed E-state index contributed by atoms with van der Waals surface area (Å²) >= 11 is 0. The minimum absolute atomic E-state index is 0.0383. The Kier molecular flexibility index (Phi) is 5.41. The van der Waals surface area contributed by atoms with E-state index in [0.717, 1.165) is 24.0 Å². The van der Waals surface area contributed by atoms with Crippen molar-refractivity contribution in [1.29, 1.82) is 0 Å². The molecule has 2 rings (SSSR count). The summed E-state index contributed by atoms with van der Waals surface area (Å²) in [6.45, 7) is 10.2. The van der Waals surface area contributed by atoms with Crippen LogP contribution in [0.25, 0.3) is 0 Å². The topological polar surface area (TPSA) is 80.3 Å². The van der Waals surface area contributed by atoms with Crippen LogP contribution in [-0.2, 0) is 25.6 Å². The van der Waals surface area contributed by atoms with E-state index in [1.807, 2.05) is 24.7 Å². The smallest absolute Gasteiger partial charge is 0.213 e. The molecule has 2 aromatic rings. The lowest BCUT2D eigenvalue weighted by Crippen LogP contribution is -2.36. The summed E-state index contributed by atoms with van der Waals surface area (Å²) in [4.78, 5) is 8.86. The average molecular weight is 318 g/mol. The molecule has 23 heavy (non-hydrogen) atoms. The first-order valence-corrected chi connectivity index (χ1v) is 7.84. The molecule has 0 atom stereocenters. The van der Waals surface area contributed by atoms with Gasteiger partial charge in [-0.1, -0.05) is 20.8 Å². The highest BCUT2D eigenvalue weighted by molar-refractivity contribution is 5.79. The second kappa shape index (κ2) is 7.30. The van der Waals surface area contributed by atoms with Gasteiger partial charge in [0.25, 0.3) is 0 Å². The lowest BCUT2D eigenvalue weighted by Gasteiger charge is -2.13. The van der Waals surface area contributed by atoms with E-state index in [4.69, 9.17) is 4.42 Å². The normalized spacial score (nSPS) is 12.5. The van der Waals surface area contributed by atoms with Crippen LogP contribution in [0.15, 0.2) is 27.9 Å². The van der Waals surface area contributed by atoms with Crippen molar-refractivity contribution in [2.75, 3.05) is 6.54 Å². The Morgan fingerprint density at radius 3 is 2.70 bits per heavy atom. The Balaban J connectivity index is 1.96. The molecule has 0 aromatic carbocycles. The largest absolute Gasteiger partial charge is 0.443 e. The molecule has 0 fully saturated rings. The van der Waals surface area contributed by atoms with Gasteiger partial charge in [-0.25, -0.2) is 9.98 Å². The summed E-state index contributed by atoms with van der Waals surface area (Å²) in [6, 6.07) is 1.96. The molecular formula is C16H26N6O. The molecule has 7 heteroatoms. The first-order valence-electron chi connectivity index (χ1n) is 7.84. The van der Waals surface area contributed by atoms with Gasteiger partial charge >= 0.3 is 0 Å². The van der Waals surface area contributed by atoms with Crippen molar-refractivity contribution in [2.45, 2.75) is 46.2 Å². The molecular weight excluding hydrogens is 292 g/mol. The number of aryl methyl sites for hydroxylation is 1. The van der Waals surface area contributed by atoms with E-state index < -0.39 is 0 Å². The maximum absolute atomic E-state index is 5.78. The fraction of sp³-hybridized carbons (Fsp3) is 0.562. The molecule has 0 aliphatic rings. The van der Waals surface area contributed by atoms with Crippen molar-refractivity contribution in [1.82, 2.24) is 25.4 Å². The Hall–Kier alpha value is -2.31. The molecule has 0 radical (unpaired) electrons. The molecule has 2 N–H and O–H groups in total. The molecule has 7 nitrogen and oxygen atoms in total. The van der Waals surface area contributed by atoms with E-state index in [9.17, 15) is 0 Å². The maximum Gasteiger partial charge on any atom is 0.213 e. The summed E-state index contributed by atoms with van der Waals surface area (Å²) in [5.41, 5.74) is 1.01. The summed E-state index contributed by atoms with van der Waals surface area (Å²) in [5, 5.41) is 10.6. The summed E-state index contributed by atoms with van der Waals surface area (Å²) < 4.78 is 7.59. The molecule has 126 valence electrons. The zero-order valence-electron chi connectivity index (χ0n) is 14.6. The van der Waals surface area contributed by atoms with Crippen LogP contribution in [0.5, 0.6) is 0 Å². The number of hydrogen-bond donors (Lipinski definition) is 2. The van der Waals surface area contributed by atoms with Gasteiger partial charge < -0.3 is 15.1 Å². The van der Waals surface area contributed by atoms with Crippen molar-refractivity contribution in [3.8, 4) is 0 Å². The number of nitrogens with one attached hydrogen (secondary N) is 2. The third-order valence-electron chi connectivity index (χ3n) is 3.37. The van der Waals surface area contributed by atoms with Crippen LogP contribution in [0.1, 0.15) is 45.0 Å². The molecule has 0 aliphatic carbocycles. The third-order valence-corrected chi connectivity index (χ3v) is 3.37. The van der Waals surface area contributed by atoms with Crippen molar-refractivity contribution >= 4 is 5.96 Å². The van der Waals surface area contributed by atoms with Gasteiger partial charge in [0.15, 0.2) is 5.96 Å². The van der Waals surface area contributed by atoms with Crippen LogP contribution < -0.4 is 10.6 Å². The van der Waals surface area contributed by atoms with Crippen LogP contribution in [0.4, 0.5) is 0 Å². The predicted molar refractivity (Wildman–Crippen MR) is 90.1 cm³/mol. The second-order valence-electron chi connectivity index (χ2n) is 6.36. The highest BCUT2D eigenvalue weighted by Crippen LogP contribution is 2.22. The van der Waals surface area contributed by atoms with Gasteiger partial charge in [-0.3, -0.25) is 4.68 Å². The van der Waals surface area contributed by atoms with Gasteiger partial charge in [-0.2, -0.15) is 5.10 Å². The Bertz CT molecular complexity index is 650. The highest BCUT2D eigenvalue weighted by atomic mass is 16.4. The second-order valence-corrected chi connectivity index (χ2v) is 6.36. The predicted octanol–water partition coefficient (Wildman–Crippen LogP) is 1.96. The van der Waals surface area contributed by atoms with Crippen LogP contribution in [0.2, 0.25) is 0 Å². The zero-order chi connectivity index (χ0) is 16.9. The van der Waals surface area contributed by atoms with E-state index in [2.05, 4.69) is 46.5 Å². The number of nitrogens with zero attached hydrogens (tertiary/aromatic N) is 4. The van der Waals surface area contributed by atoms with Crippen molar-refractivity contribution < 1.29 is 4.42 Å². The number of aromatic nitrogens is 3. The highest BCUT2D eigenvalue weighted by Gasteiger charge is 2.19. The maximum atomic E-state index is 5.78. The van der Waals surface area contributed by atoms with Crippen LogP contribution >= 0.6 is 0 Å². The molecule has 2 heterocycles. The minimum atomic E-state index is -0.0383. The molecule has 0 aliphatic heterocycles.